The molecule has 2 heterocycles. The molecule has 0 saturated carbocycles. The van der Waals surface area contributed by atoms with E-state index in [1.54, 1.807) is 19.1 Å². The number of halogens is 1. The van der Waals surface area contributed by atoms with E-state index < -0.39 is 11.5 Å². The van der Waals surface area contributed by atoms with Gasteiger partial charge < -0.3 is 4.74 Å². The van der Waals surface area contributed by atoms with Gasteiger partial charge in [-0.25, -0.2) is 4.79 Å². The monoisotopic (exact) mass is 349 g/mol. The Balaban J connectivity index is 2.00. The summed E-state index contributed by atoms with van der Waals surface area (Å²) in [5.74, 6) is -0.592. The minimum absolute atomic E-state index is 0.0838. The average Bonchev–Trinajstić information content (AvgIpc) is 2.91. The van der Waals surface area contributed by atoms with E-state index in [4.69, 9.17) is 16.3 Å². The van der Waals surface area contributed by atoms with Crippen LogP contribution in [0.25, 0.3) is 4.96 Å². The first-order valence-electron chi connectivity index (χ1n) is 6.88. The molecule has 8 heteroatoms. The first-order chi connectivity index (χ1) is 11.1. The van der Waals surface area contributed by atoms with Crippen molar-refractivity contribution >= 4 is 33.9 Å². The van der Waals surface area contributed by atoms with Crippen LogP contribution < -0.4 is 5.56 Å². The standard InChI is InChI=1S/C15H12ClN3O3S/c1-2-22-14(21)11-8-12(20)17-15-19(11)18-13(23-15)7-9-3-5-10(16)6-4-9/h3-6,8H,2,7H2,1H3. The summed E-state index contributed by atoms with van der Waals surface area (Å²) in [4.78, 5) is 27.9. The largest absolute Gasteiger partial charge is 0.461 e. The van der Waals surface area contributed by atoms with Crippen molar-refractivity contribution in [3.8, 4) is 0 Å². The Morgan fingerprint density at radius 2 is 2.09 bits per heavy atom. The molecule has 1 aromatic carbocycles. The molecule has 0 unspecified atom stereocenters. The lowest BCUT2D eigenvalue weighted by Gasteiger charge is -2.02. The molecular formula is C15H12ClN3O3S. The number of benzene rings is 1. The summed E-state index contributed by atoms with van der Waals surface area (Å²) in [6.07, 6.45) is 0.557. The molecule has 0 aliphatic rings. The van der Waals surface area contributed by atoms with E-state index in [0.717, 1.165) is 16.6 Å². The minimum Gasteiger partial charge on any atom is -0.461 e. The van der Waals surface area contributed by atoms with Crippen LogP contribution in [0.3, 0.4) is 0 Å². The number of rotatable bonds is 4. The molecule has 0 amide bonds. The fourth-order valence-corrected chi connectivity index (χ4v) is 3.11. The molecule has 0 bridgehead atoms. The number of carbonyl (C=O) groups excluding carboxylic acids is 1. The molecule has 3 rings (SSSR count). The fourth-order valence-electron chi connectivity index (χ4n) is 2.05. The average molecular weight is 350 g/mol. The number of carbonyl (C=O) groups is 1. The highest BCUT2D eigenvalue weighted by Crippen LogP contribution is 2.18. The van der Waals surface area contributed by atoms with Crippen molar-refractivity contribution in [2.24, 2.45) is 0 Å². The van der Waals surface area contributed by atoms with Crippen LogP contribution in [0, 0.1) is 0 Å². The van der Waals surface area contributed by atoms with Crippen molar-refractivity contribution in [1.29, 1.82) is 0 Å². The number of esters is 1. The van der Waals surface area contributed by atoms with Crippen molar-refractivity contribution in [3.05, 3.63) is 62.0 Å². The number of nitrogens with zero attached hydrogens (tertiary/aromatic N) is 3. The molecule has 0 saturated heterocycles. The van der Waals surface area contributed by atoms with Gasteiger partial charge in [0, 0.05) is 17.5 Å². The Morgan fingerprint density at radius 3 is 2.78 bits per heavy atom. The van der Waals surface area contributed by atoms with E-state index in [1.807, 2.05) is 12.1 Å². The molecule has 0 atom stereocenters. The van der Waals surface area contributed by atoms with Gasteiger partial charge in [-0.15, -0.1) is 0 Å². The van der Waals surface area contributed by atoms with Crippen LogP contribution in [0.4, 0.5) is 0 Å². The van der Waals surface area contributed by atoms with Crippen LogP contribution in [0.1, 0.15) is 28.0 Å². The van der Waals surface area contributed by atoms with Crippen molar-refractivity contribution in [2.45, 2.75) is 13.3 Å². The summed E-state index contributed by atoms with van der Waals surface area (Å²) in [6, 6.07) is 8.54. The van der Waals surface area contributed by atoms with Crippen LogP contribution in [0.5, 0.6) is 0 Å². The number of hydrogen-bond donors (Lipinski definition) is 0. The molecular weight excluding hydrogens is 338 g/mol. The molecule has 0 spiro atoms. The summed E-state index contributed by atoms with van der Waals surface area (Å²) < 4.78 is 6.31. The van der Waals surface area contributed by atoms with Crippen molar-refractivity contribution in [2.75, 3.05) is 6.61 Å². The lowest BCUT2D eigenvalue weighted by molar-refractivity contribution is 0.0516. The van der Waals surface area contributed by atoms with E-state index in [1.165, 1.54) is 15.9 Å². The second kappa shape index (κ2) is 6.47. The lowest BCUT2D eigenvalue weighted by atomic mass is 10.2. The van der Waals surface area contributed by atoms with Crippen molar-refractivity contribution in [1.82, 2.24) is 14.6 Å². The third-order valence-electron chi connectivity index (χ3n) is 3.05. The van der Waals surface area contributed by atoms with E-state index in [9.17, 15) is 9.59 Å². The third-order valence-corrected chi connectivity index (χ3v) is 4.21. The fraction of sp³-hybridized carbons (Fsp3) is 0.200. The predicted molar refractivity (Wildman–Crippen MR) is 87.3 cm³/mol. The van der Waals surface area contributed by atoms with Crippen LogP contribution in [0.2, 0.25) is 5.02 Å². The third kappa shape index (κ3) is 3.40. The quantitative estimate of drug-likeness (QED) is 0.677. The van der Waals surface area contributed by atoms with Gasteiger partial charge in [0.05, 0.1) is 6.61 Å². The normalized spacial score (nSPS) is 10.9. The molecule has 0 fully saturated rings. The van der Waals surface area contributed by atoms with E-state index in [-0.39, 0.29) is 12.3 Å². The Bertz CT molecular complexity index is 918. The van der Waals surface area contributed by atoms with Crippen LogP contribution in [-0.2, 0) is 11.2 Å². The molecule has 23 heavy (non-hydrogen) atoms. The molecule has 0 radical (unpaired) electrons. The lowest BCUT2D eigenvalue weighted by Crippen LogP contribution is -2.17. The first kappa shape index (κ1) is 15.6. The van der Waals surface area contributed by atoms with E-state index >= 15 is 0 Å². The Labute approximate surface area is 140 Å². The maximum Gasteiger partial charge on any atom is 0.357 e. The van der Waals surface area contributed by atoms with Crippen molar-refractivity contribution in [3.63, 3.8) is 0 Å². The summed E-state index contributed by atoms with van der Waals surface area (Å²) in [5.41, 5.74) is 0.615. The topological polar surface area (TPSA) is 73.6 Å². The Kier molecular flexibility index (Phi) is 4.40. The number of aromatic nitrogens is 3. The van der Waals surface area contributed by atoms with Crippen LogP contribution in [-0.4, -0.2) is 27.2 Å². The van der Waals surface area contributed by atoms with Gasteiger partial charge >= 0.3 is 5.97 Å². The second-order valence-corrected chi connectivity index (χ2v) is 6.17. The van der Waals surface area contributed by atoms with Crippen molar-refractivity contribution < 1.29 is 9.53 Å². The first-order valence-corrected chi connectivity index (χ1v) is 8.07. The summed E-state index contributed by atoms with van der Waals surface area (Å²) in [6.45, 7) is 1.92. The zero-order valence-corrected chi connectivity index (χ0v) is 13.7. The summed E-state index contributed by atoms with van der Waals surface area (Å²) >= 11 is 7.13. The predicted octanol–water partition coefficient (Wildman–Crippen LogP) is 2.57. The van der Waals surface area contributed by atoms with Gasteiger partial charge in [-0.1, -0.05) is 35.1 Å². The molecule has 118 valence electrons. The smallest absolute Gasteiger partial charge is 0.357 e. The minimum atomic E-state index is -0.592. The van der Waals surface area contributed by atoms with Gasteiger partial charge in [0.2, 0.25) is 4.96 Å². The number of ether oxygens (including phenoxy) is 1. The van der Waals surface area contributed by atoms with Crippen LogP contribution >= 0.6 is 22.9 Å². The highest BCUT2D eigenvalue weighted by atomic mass is 35.5. The number of fused-ring (bicyclic) bond motifs is 1. The van der Waals surface area contributed by atoms with Gasteiger partial charge in [-0.2, -0.15) is 14.6 Å². The zero-order valence-electron chi connectivity index (χ0n) is 12.2. The highest BCUT2D eigenvalue weighted by Gasteiger charge is 2.16. The molecule has 2 aromatic heterocycles. The second-order valence-electron chi connectivity index (χ2n) is 4.69. The van der Waals surface area contributed by atoms with E-state index in [0.29, 0.717) is 16.4 Å². The SMILES string of the molecule is CCOC(=O)c1cc(=O)nc2sc(Cc3ccc(Cl)cc3)nn12. The molecule has 0 N–H and O–H groups in total. The molecule has 0 aliphatic heterocycles. The Hall–Kier alpha value is -2.25. The maximum atomic E-state index is 12.0. The zero-order chi connectivity index (χ0) is 16.4. The van der Waals surface area contributed by atoms with Gasteiger partial charge in [0.15, 0.2) is 5.69 Å². The number of hydrogen-bond acceptors (Lipinski definition) is 6. The van der Waals surface area contributed by atoms with Gasteiger partial charge in [0.25, 0.3) is 5.56 Å². The highest BCUT2D eigenvalue weighted by molar-refractivity contribution is 7.16. The summed E-state index contributed by atoms with van der Waals surface area (Å²) in [7, 11) is 0. The molecule has 6 nitrogen and oxygen atoms in total. The molecule has 3 aromatic rings. The van der Waals surface area contributed by atoms with Gasteiger partial charge in [-0.3, -0.25) is 4.79 Å². The van der Waals surface area contributed by atoms with E-state index in [2.05, 4.69) is 10.1 Å². The maximum absolute atomic E-state index is 12.0. The van der Waals surface area contributed by atoms with Gasteiger partial charge in [0.1, 0.15) is 5.01 Å². The van der Waals surface area contributed by atoms with Gasteiger partial charge in [-0.05, 0) is 24.6 Å². The molecule has 0 aliphatic carbocycles. The summed E-state index contributed by atoms with van der Waals surface area (Å²) in [5, 5.41) is 5.77. The Morgan fingerprint density at radius 1 is 1.35 bits per heavy atom. The van der Waals surface area contributed by atoms with Crippen LogP contribution in [0.15, 0.2) is 35.1 Å².